The lowest BCUT2D eigenvalue weighted by Crippen LogP contribution is -2.25. The second-order valence-corrected chi connectivity index (χ2v) is 5.84. The van der Waals surface area contributed by atoms with Gasteiger partial charge in [-0.25, -0.2) is 4.98 Å². The van der Waals surface area contributed by atoms with Crippen LogP contribution in [0.2, 0.25) is 0 Å². The van der Waals surface area contributed by atoms with Crippen LogP contribution in [-0.4, -0.2) is 37.1 Å². The minimum absolute atomic E-state index is 0.593. The van der Waals surface area contributed by atoms with Gasteiger partial charge in [-0.1, -0.05) is 13.3 Å². The van der Waals surface area contributed by atoms with Crippen LogP contribution in [0.25, 0.3) is 0 Å². The predicted molar refractivity (Wildman–Crippen MR) is 81.8 cm³/mol. The molecule has 1 aromatic rings. The molecule has 3 heteroatoms. The van der Waals surface area contributed by atoms with Gasteiger partial charge in [0.2, 0.25) is 0 Å². The van der Waals surface area contributed by atoms with Crippen molar-refractivity contribution in [2.24, 2.45) is 0 Å². The van der Waals surface area contributed by atoms with E-state index in [0.29, 0.717) is 6.04 Å². The Morgan fingerprint density at radius 3 is 2.84 bits per heavy atom. The number of unbranched alkanes of at least 4 members (excludes halogenated alkanes) is 1. The van der Waals surface area contributed by atoms with E-state index in [2.05, 4.69) is 40.9 Å². The normalized spacial score (nSPS) is 19.9. The lowest BCUT2D eigenvalue weighted by molar-refractivity contribution is 0.252. The maximum Gasteiger partial charge on any atom is 0.128 e. The van der Waals surface area contributed by atoms with Gasteiger partial charge >= 0.3 is 0 Å². The number of hydrogen-bond acceptors (Lipinski definition) is 3. The van der Waals surface area contributed by atoms with Crippen molar-refractivity contribution >= 4 is 5.82 Å². The van der Waals surface area contributed by atoms with Gasteiger partial charge in [-0.3, -0.25) is 4.90 Å². The Hall–Kier alpha value is -1.09. The summed E-state index contributed by atoms with van der Waals surface area (Å²) >= 11 is 0. The highest BCUT2D eigenvalue weighted by Crippen LogP contribution is 2.34. The van der Waals surface area contributed by atoms with E-state index < -0.39 is 0 Å². The van der Waals surface area contributed by atoms with Crippen LogP contribution in [-0.2, 0) is 0 Å². The monoisotopic (exact) mass is 261 g/mol. The summed E-state index contributed by atoms with van der Waals surface area (Å²) in [6.45, 7) is 6.97. The van der Waals surface area contributed by atoms with Crippen molar-refractivity contribution in [3.63, 3.8) is 0 Å². The Balaban J connectivity index is 2.16. The van der Waals surface area contributed by atoms with Crippen LogP contribution in [0, 0.1) is 6.92 Å². The minimum atomic E-state index is 0.593. The SMILES string of the molecule is CCCCN1CCCC1c1cnc(N(C)C)cc1C. The van der Waals surface area contributed by atoms with Crippen molar-refractivity contribution < 1.29 is 0 Å². The molecular weight excluding hydrogens is 234 g/mol. The summed E-state index contributed by atoms with van der Waals surface area (Å²) in [6.07, 6.45) is 7.29. The van der Waals surface area contributed by atoms with Crippen molar-refractivity contribution in [2.45, 2.75) is 45.6 Å². The van der Waals surface area contributed by atoms with Gasteiger partial charge in [0.1, 0.15) is 5.82 Å². The molecule has 0 radical (unpaired) electrons. The molecule has 0 bridgehead atoms. The number of rotatable bonds is 5. The van der Waals surface area contributed by atoms with Crippen LogP contribution in [0.4, 0.5) is 5.82 Å². The van der Waals surface area contributed by atoms with Crippen molar-refractivity contribution in [2.75, 3.05) is 32.1 Å². The summed E-state index contributed by atoms with van der Waals surface area (Å²) in [5.74, 6) is 1.05. The summed E-state index contributed by atoms with van der Waals surface area (Å²) in [5.41, 5.74) is 2.81. The molecule has 1 saturated heterocycles. The molecule has 0 spiro atoms. The van der Waals surface area contributed by atoms with Gasteiger partial charge in [0.05, 0.1) is 0 Å². The van der Waals surface area contributed by atoms with Gasteiger partial charge in [-0.05, 0) is 56.5 Å². The van der Waals surface area contributed by atoms with E-state index in [4.69, 9.17) is 0 Å². The van der Waals surface area contributed by atoms with Gasteiger partial charge in [-0.15, -0.1) is 0 Å². The van der Waals surface area contributed by atoms with E-state index in [9.17, 15) is 0 Å². The Kier molecular flexibility index (Phi) is 4.81. The highest BCUT2D eigenvalue weighted by Gasteiger charge is 2.26. The summed E-state index contributed by atoms with van der Waals surface area (Å²) in [4.78, 5) is 9.31. The molecule has 3 nitrogen and oxygen atoms in total. The zero-order chi connectivity index (χ0) is 13.8. The molecule has 2 rings (SSSR count). The molecule has 1 atom stereocenters. The number of hydrogen-bond donors (Lipinski definition) is 0. The number of pyridine rings is 1. The van der Waals surface area contributed by atoms with Crippen LogP contribution < -0.4 is 4.90 Å². The molecule has 0 N–H and O–H groups in total. The fourth-order valence-corrected chi connectivity index (χ4v) is 2.95. The van der Waals surface area contributed by atoms with Crippen molar-refractivity contribution in [3.8, 4) is 0 Å². The van der Waals surface area contributed by atoms with E-state index in [0.717, 1.165) is 5.82 Å². The van der Waals surface area contributed by atoms with Crippen LogP contribution in [0.5, 0.6) is 0 Å². The average Bonchev–Trinajstić information content (AvgIpc) is 2.84. The van der Waals surface area contributed by atoms with Gasteiger partial charge in [0.15, 0.2) is 0 Å². The molecule has 106 valence electrons. The Bertz CT molecular complexity index is 414. The third kappa shape index (κ3) is 3.27. The van der Waals surface area contributed by atoms with Crippen LogP contribution >= 0.6 is 0 Å². The minimum Gasteiger partial charge on any atom is -0.363 e. The molecule has 19 heavy (non-hydrogen) atoms. The second-order valence-electron chi connectivity index (χ2n) is 5.84. The molecule has 0 aliphatic carbocycles. The Labute approximate surface area is 117 Å². The first-order valence-corrected chi connectivity index (χ1v) is 7.51. The third-order valence-electron chi connectivity index (χ3n) is 4.12. The lowest BCUT2D eigenvalue weighted by atomic mass is 10.0. The van der Waals surface area contributed by atoms with Crippen LogP contribution in [0.1, 0.15) is 49.8 Å². The largest absolute Gasteiger partial charge is 0.363 e. The van der Waals surface area contributed by atoms with Crippen molar-refractivity contribution in [1.29, 1.82) is 0 Å². The van der Waals surface area contributed by atoms with Gasteiger partial charge in [-0.2, -0.15) is 0 Å². The molecule has 0 aromatic carbocycles. The number of aryl methyl sites for hydroxylation is 1. The molecule has 1 aromatic heterocycles. The van der Waals surface area contributed by atoms with Gasteiger partial charge < -0.3 is 4.90 Å². The van der Waals surface area contributed by atoms with E-state index in [1.54, 1.807) is 0 Å². The summed E-state index contributed by atoms with van der Waals surface area (Å²) in [6, 6.07) is 2.81. The molecule has 1 aliphatic heterocycles. The number of nitrogens with zero attached hydrogens (tertiary/aromatic N) is 3. The Morgan fingerprint density at radius 2 is 2.21 bits per heavy atom. The first-order valence-electron chi connectivity index (χ1n) is 7.51. The lowest BCUT2D eigenvalue weighted by Gasteiger charge is -2.26. The summed E-state index contributed by atoms with van der Waals surface area (Å²) in [5, 5.41) is 0. The first kappa shape index (κ1) is 14.3. The fraction of sp³-hybridized carbons (Fsp3) is 0.688. The fourth-order valence-electron chi connectivity index (χ4n) is 2.95. The third-order valence-corrected chi connectivity index (χ3v) is 4.12. The number of anilines is 1. The van der Waals surface area contributed by atoms with Gasteiger partial charge in [0, 0.05) is 26.3 Å². The van der Waals surface area contributed by atoms with Crippen LogP contribution in [0.3, 0.4) is 0 Å². The van der Waals surface area contributed by atoms with Crippen LogP contribution in [0.15, 0.2) is 12.3 Å². The summed E-state index contributed by atoms with van der Waals surface area (Å²) in [7, 11) is 4.09. The van der Waals surface area contributed by atoms with E-state index in [1.165, 1.54) is 49.9 Å². The average molecular weight is 261 g/mol. The van der Waals surface area contributed by atoms with E-state index >= 15 is 0 Å². The summed E-state index contributed by atoms with van der Waals surface area (Å²) < 4.78 is 0. The Morgan fingerprint density at radius 1 is 1.42 bits per heavy atom. The van der Waals surface area contributed by atoms with Gasteiger partial charge in [0.25, 0.3) is 0 Å². The molecule has 1 aliphatic rings. The number of aromatic nitrogens is 1. The first-order chi connectivity index (χ1) is 9.13. The maximum absolute atomic E-state index is 4.60. The number of likely N-dealkylation sites (tertiary alicyclic amines) is 1. The quantitative estimate of drug-likeness (QED) is 0.810. The highest BCUT2D eigenvalue weighted by atomic mass is 15.2. The molecule has 2 heterocycles. The van der Waals surface area contributed by atoms with Crippen molar-refractivity contribution in [3.05, 3.63) is 23.4 Å². The van der Waals surface area contributed by atoms with E-state index in [1.807, 2.05) is 14.1 Å². The predicted octanol–water partition coefficient (Wildman–Crippen LogP) is 3.39. The molecule has 0 amide bonds. The maximum atomic E-state index is 4.60. The molecule has 1 fully saturated rings. The molecular formula is C16H27N3. The molecule has 0 saturated carbocycles. The molecule has 1 unspecified atom stereocenters. The zero-order valence-corrected chi connectivity index (χ0v) is 12.8. The standard InChI is InChI=1S/C16H27N3/c1-5-6-9-19-10-7-8-15(19)14-12-17-16(18(3)4)11-13(14)2/h11-12,15H,5-10H2,1-4H3. The van der Waals surface area contributed by atoms with Crippen molar-refractivity contribution in [1.82, 2.24) is 9.88 Å². The topological polar surface area (TPSA) is 19.4 Å². The second kappa shape index (κ2) is 6.38. The van der Waals surface area contributed by atoms with E-state index in [-0.39, 0.29) is 0 Å². The highest BCUT2D eigenvalue weighted by molar-refractivity contribution is 5.43. The zero-order valence-electron chi connectivity index (χ0n) is 12.8. The smallest absolute Gasteiger partial charge is 0.128 e.